The van der Waals surface area contributed by atoms with Gasteiger partial charge in [0.2, 0.25) is 5.91 Å². The van der Waals surface area contributed by atoms with Gasteiger partial charge in [0.1, 0.15) is 0 Å². The van der Waals surface area contributed by atoms with E-state index in [4.69, 9.17) is 4.98 Å². The summed E-state index contributed by atoms with van der Waals surface area (Å²) in [5.74, 6) is 0.0244. The molecule has 0 unspecified atom stereocenters. The van der Waals surface area contributed by atoms with Gasteiger partial charge in [0.15, 0.2) is 5.65 Å². The Morgan fingerprint density at radius 2 is 1.72 bits per heavy atom. The fourth-order valence-corrected chi connectivity index (χ4v) is 4.67. The largest absolute Gasteiger partial charge is 0.416 e. The number of anilines is 2. The summed E-state index contributed by atoms with van der Waals surface area (Å²) in [6.45, 7) is 0. The minimum atomic E-state index is -4.50. The lowest BCUT2D eigenvalue weighted by Crippen LogP contribution is -2.36. The molecule has 2 aromatic heterocycles. The van der Waals surface area contributed by atoms with Crippen LogP contribution in [-0.2, 0) is 23.4 Å². The summed E-state index contributed by atoms with van der Waals surface area (Å²) in [4.78, 5) is 30.3. The number of nitrogens with one attached hydrogen (secondary N) is 3. The topological polar surface area (TPSA) is 101 Å². The van der Waals surface area contributed by atoms with E-state index < -0.39 is 23.2 Å². The number of benzene rings is 2. The highest BCUT2D eigenvalue weighted by molar-refractivity contribution is 6.00. The molecule has 0 aliphatic heterocycles. The monoisotopic (exact) mass is 534 g/mol. The average Bonchev–Trinajstić information content (AvgIpc) is 3.83. The van der Waals surface area contributed by atoms with Crippen LogP contribution in [0.5, 0.6) is 0 Å². The van der Waals surface area contributed by atoms with E-state index in [0.29, 0.717) is 11.3 Å². The number of pyridine rings is 1. The summed E-state index contributed by atoms with van der Waals surface area (Å²) in [5, 5.41) is 13.4. The zero-order chi connectivity index (χ0) is 27.4. The molecule has 2 aliphatic rings. The van der Waals surface area contributed by atoms with Crippen LogP contribution in [0.2, 0.25) is 0 Å². The standard InChI is InChI=1S/C28H25F3N6O2/c1-37-24-22(15-32-37)21(14-23(36-24)27(11-12-27)25(38)33-18-9-10-18)16-5-7-19(8-6-16)34-26(39)35-20-4-2-3-17(13-20)28(29,30)31/h2-8,13-15,18H,9-12H2,1H3,(H,33,38)(H2,34,35,39). The minimum absolute atomic E-state index is 0.0244. The predicted octanol–water partition coefficient (Wildman–Crippen LogP) is 5.61. The van der Waals surface area contributed by atoms with Gasteiger partial charge in [-0.15, -0.1) is 0 Å². The van der Waals surface area contributed by atoms with Gasteiger partial charge in [-0.1, -0.05) is 18.2 Å². The summed E-state index contributed by atoms with van der Waals surface area (Å²) in [7, 11) is 1.81. The fraction of sp³-hybridized carbons (Fsp3) is 0.286. The normalized spacial score (nSPS) is 16.1. The summed E-state index contributed by atoms with van der Waals surface area (Å²) in [6, 6.07) is 13.0. The number of halogens is 3. The predicted molar refractivity (Wildman–Crippen MR) is 140 cm³/mol. The molecule has 2 aliphatic carbocycles. The molecular formula is C28H25F3N6O2. The number of carbonyl (C=O) groups excluding carboxylic acids is 2. The highest BCUT2D eigenvalue weighted by Gasteiger charge is 2.53. The maximum atomic E-state index is 13.1. The van der Waals surface area contributed by atoms with Gasteiger partial charge in [-0.05, 0) is 73.2 Å². The second-order valence-corrected chi connectivity index (χ2v) is 10.1. The summed E-state index contributed by atoms with van der Waals surface area (Å²) >= 11 is 0. The first-order valence-electron chi connectivity index (χ1n) is 12.6. The quantitative estimate of drug-likeness (QED) is 0.299. The number of amides is 3. The molecule has 2 fully saturated rings. The van der Waals surface area contributed by atoms with E-state index >= 15 is 0 Å². The van der Waals surface area contributed by atoms with Crippen LogP contribution in [0.15, 0.2) is 60.8 Å². The smallest absolute Gasteiger partial charge is 0.353 e. The highest BCUT2D eigenvalue weighted by atomic mass is 19.4. The van der Waals surface area contributed by atoms with E-state index in [1.807, 2.05) is 25.2 Å². The highest BCUT2D eigenvalue weighted by Crippen LogP contribution is 2.49. The van der Waals surface area contributed by atoms with Crippen molar-refractivity contribution in [2.24, 2.45) is 7.05 Å². The van der Waals surface area contributed by atoms with Crippen LogP contribution in [-0.4, -0.2) is 32.7 Å². The van der Waals surface area contributed by atoms with Crippen LogP contribution in [0.3, 0.4) is 0 Å². The third-order valence-corrected chi connectivity index (χ3v) is 7.19. The second kappa shape index (κ2) is 9.11. The first-order valence-corrected chi connectivity index (χ1v) is 12.6. The van der Waals surface area contributed by atoms with Crippen molar-refractivity contribution in [3.8, 4) is 11.1 Å². The Bertz CT molecular complexity index is 1590. The number of fused-ring (bicyclic) bond motifs is 1. The Kier molecular flexibility index (Phi) is 5.81. The third-order valence-electron chi connectivity index (χ3n) is 7.19. The van der Waals surface area contributed by atoms with Crippen molar-refractivity contribution in [1.82, 2.24) is 20.1 Å². The Hall–Kier alpha value is -4.41. The molecule has 0 radical (unpaired) electrons. The van der Waals surface area contributed by atoms with Crippen LogP contribution < -0.4 is 16.0 Å². The molecule has 2 heterocycles. The van der Waals surface area contributed by atoms with Gasteiger partial charge in [-0.3, -0.25) is 9.48 Å². The Balaban J connectivity index is 1.23. The number of aryl methyl sites for hydroxylation is 1. The van der Waals surface area contributed by atoms with E-state index in [9.17, 15) is 22.8 Å². The lowest BCUT2D eigenvalue weighted by Gasteiger charge is -2.17. The second-order valence-electron chi connectivity index (χ2n) is 10.1. The van der Waals surface area contributed by atoms with Crippen molar-refractivity contribution in [3.05, 3.63) is 72.1 Å². The van der Waals surface area contributed by atoms with Crippen LogP contribution in [0.25, 0.3) is 22.2 Å². The number of aromatic nitrogens is 3. The number of alkyl halides is 3. The van der Waals surface area contributed by atoms with Crippen molar-refractivity contribution in [2.45, 2.75) is 43.3 Å². The van der Waals surface area contributed by atoms with E-state index in [-0.39, 0.29) is 17.6 Å². The Morgan fingerprint density at radius 3 is 2.38 bits per heavy atom. The molecule has 2 aromatic carbocycles. The summed E-state index contributed by atoms with van der Waals surface area (Å²) in [6.07, 6.45) is 0.742. The van der Waals surface area contributed by atoms with Crippen molar-refractivity contribution in [1.29, 1.82) is 0 Å². The van der Waals surface area contributed by atoms with Gasteiger partial charge in [0.25, 0.3) is 0 Å². The molecular weight excluding hydrogens is 509 g/mol. The first kappa shape index (κ1) is 24.9. The lowest BCUT2D eigenvalue weighted by molar-refractivity contribution is -0.137. The number of hydrogen-bond donors (Lipinski definition) is 3. The molecule has 8 nitrogen and oxygen atoms in total. The molecule has 0 saturated heterocycles. The lowest BCUT2D eigenvalue weighted by atomic mass is 9.95. The molecule has 2 saturated carbocycles. The third kappa shape index (κ3) is 4.91. The molecule has 0 spiro atoms. The van der Waals surface area contributed by atoms with Crippen molar-refractivity contribution < 1.29 is 22.8 Å². The van der Waals surface area contributed by atoms with Gasteiger partial charge in [-0.2, -0.15) is 18.3 Å². The molecule has 4 aromatic rings. The van der Waals surface area contributed by atoms with E-state index in [1.165, 1.54) is 12.1 Å². The molecule has 6 rings (SSSR count). The molecule has 11 heteroatoms. The molecule has 3 amide bonds. The number of carbonyl (C=O) groups is 2. The SMILES string of the molecule is Cn1ncc2c(-c3ccc(NC(=O)Nc4cccc(C(F)(F)F)c4)cc3)cc(C3(C(=O)NC4CC4)CC3)nc21. The maximum Gasteiger partial charge on any atom is 0.416 e. The van der Waals surface area contributed by atoms with Gasteiger partial charge in [-0.25, -0.2) is 9.78 Å². The number of nitrogens with zero attached hydrogens (tertiary/aromatic N) is 3. The first-order chi connectivity index (χ1) is 18.6. The van der Waals surface area contributed by atoms with E-state index in [1.54, 1.807) is 23.0 Å². The van der Waals surface area contributed by atoms with E-state index in [0.717, 1.165) is 60.0 Å². The Morgan fingerprint density at radius 1 is 1.00 bits per heavy atom. The van der Waals surface area contributed by atoms with Gasteiger partial charge in [0.05, 0.1) is 22.9 Å². The molecule has 39 heavy (non-hydrogen) atoms. The van der Waals surface area contributed by atoms with Crippen LogP contribution in [0.4, 0.5) is 29.3 Å². The number of urea groups is 1. The fourth-order valence-electron chi connectivity index (χ4n) is 4.67. The number of rotatable bonds is 6. The zero-order valence-corrected chi connectivity index (χ0v) is 21.0. The number of hydrogen-bond acceptors (Lipinski definition) is 4. The van der Waals surface area contributed by atoms with Gasteiger partial charge in [0, 0.05) is 29.9 Å². The molecule has 0 atom stereocenters. The van der Waals surface area contributed by atoms with Crippen molar-refractivity contribution in [2.75, 3.05) is 10.6 Å². The maximum absolute atomic E-state index is 13.1. The molecule has 200 valence electrons. The van der Waals surface area contributed by atoms with Crippen LogP contribution in [0.1, 0.15) is 36.9 Å². The van der Waals surface area contributed by atoms with Crippen molar-refractivity contribution >= 4 is 34.3 Å². The van der Waals surface area contributed by atoms with E-state index in [2.05, 4.69) is 21.0 Å². The van der Waals surface area contributed by atoms with Gasteiger partial charge < -0.3 is 16.0 Å². The average molecular weight is 535 g/mol. The van der Waals surface area contributed by atoms with Crippen LogP contribution in [0, 0.1) is 0 Å². The summed E-state index contributed by atoms with van der Waals surface area (Å²) < 4.78 is 40.6. The zero-order valence-electron chi connectivity index (χ0n) is 21.0. The Labute approximate surface area is 221 Å². The van der Waals surface area contributed by atoms with Crippen LogP contribution >= 0.6 is 0 Å². The minimum Gasteiger partial charge on any atom is -0.353 e. The van der Waals surface area contributed by atoms with Gasteiger partial charge >= 0.3 is 12.2 Å². The van der Waals surface area contributed by atoms with Crippen molar-refractivity contribution in [3.63, 3.8) is 0 Å². The molecule has 3 N–H and O–H groups in total. The summed E-state index contributed by atoms with van der Waals surface area (Å²) in [5.41, 5.74) is 2.13. The molecule has 0 bridgehead atoms.